The lowest BCUT2D eigenvalue weighted by molar-refractivity contribution is -0.248. The Balaban J connectivity index is 0.989. The molecule has 2 saturated heterocycles. The van der Waals surface area contributed by atoms with Gasteiger partial charge in [0.25, 0.3) is 0 Å². The fraction of sp³-hybridized carbons (Fsp3) is 0.927. The number of carboxylic acid groups (broad SMARTS) is 1. The Morgan fingerprint density at radius 2 is 1.71 bits per heavy atom. The summed E-state index contributed by atoms with van der Waals surface area (Å²) in [5, 5.41) is 22.2. The van der Waals surface area contributed by atoms with Crippen LogP contribution in [0, 0.1) is 56.7 Å². The number of hydrogen-bond donors (Lipinski definition) is 2. The van der Waals surface area contributed by atoms with Gasteiger partial charge in [-0.25, -0.2) is 4.79 Å². The van der Waals surface area contributed by atoms with Crippen molar-refractivity contribution in [1.29, 1.82) is 0 Å². The van der Waals surface area contributed by atoms with Crippen LogP contribution in [-0.4, -0.2) is 101 Å². The summed E-state index contributed by atoms with van der Waals surface area (Å²) < 4.78 is 19.8. The number of carbonyl (C=O) groups excluding carboxylic acids is 2. The molecule has 2 amide bonds. The standard InChI is InChI=1S/C41H64N2O8/c1-23-18-27(20-43(25(3)44)24(2)36(47)48)50-34-33(23)38(6)14-15-41-22-40(41)13-12-30(37(4,5)28(40)10-11-29(41)39(38,7)35(34)46)51-32-21-42(16-17-49-32)31(45)19-26-8-9-26/h23-24,26-30,32-35,46H,8-22H2,1-7H3,(H,47,48)/t23-,24-,27?,28+,29?,30?,32+,33+,34?,35+,38-,39-,40-,41+/m1/s1. The molecular weight excluding hydrogens is 648 g/mol. The number of aliphatic hydroxyl groups is 1. The quantitative estimate of drug-likeness (QED) is 0.339. The number of fused-ring (bicyclic) bond motifs is 4. The van der Waals surface area contributed by atoms with Crippen molar-refractivity contribution in [2.24, 2.45) is 56.7 Å². The van der Waals surface area contributed by atoms with Gasteiger partial charge in [0, 0.05) is 31.8 Å². The molecule has 0 aromatic heterocycles. The lowest BCUT2D eigenvalue weighted by Gasteiger charge is -2.64. The summed E-state index contributed by atoms with van der Waals surface area (Å²) in [6, 6.07) is -0.929. The molecule has 2 heterocycles. The second-order valence-corrected chi connectivity index (χ2v) is 19.7. The number of aliphatic carboxylic acids is 1. The second-order valence-electron chi connectivity index (χ2n) is 19.7. The van der Waals surface area contributed by atoms with Gasteiger partial charge in [0.05, 0.1) is 37.6 Å². The number of ether oxygens (including phenoxy) is 3. The molecule has 8 rings (SSSR count). The predicted octanol–water partition coefficient (Wildman–Crippen LogP) is 5.49. The van der Waals surface area contributed by atoms with E-state index in [2.05, 4.69) is 34.6 Å². The zero-order chi connectivity index (χ0) is 36.5. The van der Waals surface area contributed by atoms with E-state index in [0.29, 0.717) is 43.9 Å². The van der Waals surface area contributed by atoms with Gasteiger partial charge in [-0.2, -0.15) is 0 Å². The highest BCUT2D eigenvalue weighted by molar-refractivity contribution is 5.82. The first-order valence-electron chi connectivity index (χ1n) is 20.4. The van der Waals surface area contributed by atoms with E-state index in [1.807, 2.05) is 4.90 Å². The molecule has 2 aliphatic heterocycles. The van der Waals surface area contributed by atoms with Gasteiger partial charge in [-0.3, -0.25) is 9.59 Å². The molecule has 0 aromatic carbocycles. The number of hydrogen-bond acceptors (Lipinski definition) is 7. The van der Waals surface area contributed by atoms with Crippen LogP contribution in [0.1, 0.15) is 119 Å². The number of aliphatic hydroxyl groups excluding tert-OH is 1. The molecule has 286 valence electrons. The Labute approximate surface area is 304 Å². The van der Waals surface area contributed by atoms with Crippen molar-refractivity contribution in [2.75, 3.05) is 26.2 Å². The average Bonchev–Trinajstić information content (AvgIpc) is 4.00. The van der Waals surface area contributed by atoms with Crippen LogP contribution in [0.4, 0.5) is 0 Å². The Morgan fingerprint density at radius 3 is 2.39 bits per heavy atom. The van der Waals surface area contributed by atoms with Crippen LogP contribution < -0.4 is 0 Å². The zero-order valence-corrected chi connectivity index (χ0v) is 32.2. The van der Waals surface area contributed by atoms with E-state index in [1.54, 1.807) is 6.92 Å². The number of carboxylic acids is 1. The minimum atomic E-state index is -1.02. The van der Waals surface area contributed by atoms with Crippen LogP contribution in [0.5, 0.6) is 0 Å². The molecule has 14 atom stereocenters. The Bertz CT molecular complexity index is 1430. The first-order chi connectivity index (χ1) is 24.0. The second kappa shape index (κ2) is 12.1. The molecule has 10 heteroatoms. The lowest BCUT2D eigenvalue weighted by Crippen LogP contribution is -2.60. The summed E-state index contributed by atoms with van der Waals surface area (Å²) in [5.41, 5.74) is 0.0944. The molecule has 2 N–H and O–H groups in total. The van der Waals surface area contributed by atoms with Crippen LogP contribution in [-0.2, 0) is 28.6 Å². The third-order valence-electron chi connectivity index (χ3n) is 17.3. The van der Waals surface area contributed by atoms with E-state index < -0.39 is 18.1 Å². The molecular formula is C41H64N2O8. The zero-order valence-electron chi connectivity index (χ0n) is 32.2. The number of amides is 2. The molecule has 10 nitrogen and oxygen atoms in total. The molecule has 8 fully saturated rings. The van der Waals surface area contributed by atoms with Crippen molar-refractivity contribution in [3.05, 3.63) is 0 Å². The number of rotatable bonds is 8. The maximum Gasteiger partial charge on any atom is 0.326 e. The summed E-state index contributed by atoms with van der Waals surface area (Å²) in [6.45, 7) is 16.9. The van der Waals surface area contributed by atoms with E-state index in [0.717, 1.165) is 38.5 Å². The summed E-state index contributed by atoms with van der Waals surface area (Å²) in [6.07, 6.45) is 10.2. The van der Waals surface area contributed by atoms with Gasteiger partial charge in [-0.1, -0.05) is 34.6 Å². The number of morpholine rings is 1. The van der Waals surface area contributed by atoms with E-state index in [9.17, 15) is 24.6 Å². The predicted molar refractivity (Wildman–Crippen MR) is 189 cm³/mol. The highest BCUT2D eigenvalue weighted by Crippen LogP contribution is 2.89. The summed E-state index contributed by atoms with van der Waals surface area (Å²) in [4.78, 5) is 40.6. The van der Waals surface area contributed by atoms with Crippen LogP contribution in [0.15, 0.2) is 0 Å². The normalized spacial score (nSPS) is 48.6. The molecule has 51 heavy (non-hydrogen) atoms. The van der Waals surface area contributed by atoms with E-state index >= 15 is 0 Å². The fourth-order valence-corrected chi connectivity index (χ4v) is 14.5. The topological polar surface area (TPSA) is 126 Å². The number of nitrogens with zero attached hydrogens (tertiary/aromatic N) is 2. The van der Waals surface area contributed by atoms with Gasteiger partial charge in [0.15, 0.2) is 6.29 Å². The van der Waals surface area contributed by atoms with Crippen molar-refractivity contribution in [1.82, 2.24) is 9.80 Å². The third-order valence-corrected chi connectivity index (χ3v) is 17.3. The fourth-order valence-electron chi connectivity index (χ4n) is 14.5. The SMILES string of the molecule is CC(=O)N(CC1C[C@@H](C)[C@H]2C(O1)[C@H](O)[C@@]1(C)C3CC[C@H]4C(C)(C)C(O[C@H]5CN(C(=O)CC6CC6)CCO5)CC[C@@]45C[C@@]35CC[C@]21C)[C@H](C)C(=O)O. The number of carbonyl (C=O) groups is 3. The highest BCUT2D eigenvalue weighted by atomic mass is 16.7. The molecule has 0 aromatic rings. The van der Waals surface area contributed by atoms with Gasteiger partial charge in [0.1, 0.15) is 6.04 Å². The molecule has 6 aliphatic carbocycles. The summed E-state index contributed by atoms with van der Waals surface area (Å²) in [5.74, 6) is 0.998. The van der Waals surface area contributed by atoms with Crippen LogP contribution in [0.2, 0.25) is 0 Å². The van der Waals surface area contributed by atoms with Gasteiger partial charge >= 0.3 is 5.97 Å². The largest absolute Gasteiger partial charge is 0.480 e. The monoisotopic (exact) mass is 712 g/mol. The molecule has 0 radical (unpaired) electrons. The smallest absolute Gasteiger partial charge is 0.326 e. The molecule has 4 unspecified atom stereocenters. The van der Waals surface area contributed by atoms with E-state index in [1.165, 1.54) is 37.5 Å². The van der Waals surface area contributed by atoms with Gasteiger partial charge in [-0.05, 0) is 122 Å². The molecule has 6 saturated carbocycles. The molecule has 2 spiro atoms. The third kappa shape index (κ3) is 5.17. The van der Waals surface area contributed by atoms with Crippen molar-refractivity contribution < 1.29 is 38.8 Å². The molecule has 8 aliphatic rings. The van der Waals surface area contributed by atoms with E-state index in [4.69, 9.17) is 14.2 Å². The van der Waals surface area contributed by atoms with Crippen molar-refractivity contribution in [3.8, 4) is 0 Å². The summed E-state index contributed by atoms with van der Waals surface area (Å²) in [7, 11) is 0. The van der Waals surface area contributed by atoms with E-state index in [-0.39, 0.29) is 81.9 Å². The minimum Gasteiger partial charge on any atom is -0.480 e. The molecule has 0 bridgehead atoms. The maximum atomic E-state index is 12.9. The maximum absolute atomic E-state index is 12.9. The van der Waals surface area contributed by atoms with Crippen molar-refractivity contribution in [3.63, 3.8) is 0 Å². The van der Waals surface area contributed by atoms with Gasteiger partial charge < -0.3 is 34.2 Å². The first-order valence-corrected chi connectivity index (χ1v) is 20.4. The Hall–Kier alpha value is -1.75. The highest BCUT2D eigenvalue weighted by Gasteiger charge is 2.84. The van der Waals surface area contributed by atoms with Crippen LogP contribution in [0.3, 0.4) is 0 Å². The Morgan fingerprint density at radius 1 is 1.00 bits per heavy atom. The summed E-state index contributed by atoms with van der Waals surface area (Å²) >= 11 is 0. The van der Waals surface area contributed by atoms with Crippen molar-refractivity contribution >= 4 is 17.8 Å². The first kappa shape index (κ1) is 36.2. The lowest BCUT2D eigenvalue weighted by atomic mass is 9.41. The van der Waals surface area contributed by atoms with Crippen molar-refractivity contribution in [2.45, 2.75) is 156 Å². The van der Waals surface area contributed by atoms with Gasteiger partial charge in [0.2, 0.25) is 11.8 Å². The Kier molecular flexibility index (Phi) is 8.62. The average molecular weight is 713 g/mol. The van der Waals surface area contributed by atoms with Crippen LogP contribution >= 0.6 is 0 Å². The van der Waals surface area contributed by atoms with Crippen LogP contribution in [0.25, 0.3) is 0 Å². The minimum absolute atomic E-state index is 0.0269. The van der Waals surface area contributed by atoms with Gasteiger partial charge in [-0.15, -0.1) is 0 Å².